The molecule has 1 aromatic rings. The molecule has 0 saturated heterocycles. The van der Waals surface area contributed by atoms with Crippen LogP contribution in [0, 0.1) is 6.92 Å². The van der Waals surface area contributed by atoms with Gasteiger partial charge in [0.25, 0.3) is 10.1 Å². The molecule has 0 aliphatic rings. The van der Waals surface area contributed by atoms with Gasteiger partial charge in [0.1, 0.15) is 5.75 Å². The van der Waals surface area contributed by atoms with Crippen LogP contribution in [0.2, 0.25) is 0 Å². The maximum absolute atomic E-state index is 10.6. The van der Waals surface area contributed by atoms with E-state index in [0.717, 1.165) is 11.1 Å². The van der Waals surface area contributed by atoms with Gasteiger partial charge in [-0.15, -0.1) is 0 Å². The van der Waals surface area contributed by atoms with E-state index in [1.807, 2.05) is 0 Å². The third-order valence-corrected chi connectivity index (χ3v) is 2.83. The molecule has 0 saturated carbocycles. The Morgan fingerprint density at radius 1 is 1.53 bits per heavy atom. The van der Waals surface area contributed by atoms with E-state index >= 15 is 0 Å². The number of hydrogen-bond donors (Lipinski definition) is 1. The highest BCUT2D eigenvalue weighted by molar-refractivity contribution is 7.85. The zero-order valence-electron chi connectivity index (χ0n) is 8.20. The van der Waals surface area contributed by atoms with Crippen molar-refractivity contribution in [2.45, 2.75) is 12.7 Å². The van der Waals surface area contributed by atoms with Crippen molar-refractivity contribution in [2.24, 2.45) is 0 Å². The van der Waals surface area contributed by atoms with Crippen molar-refractivity contribution in [1.29, 1.82) is 0 Å². The van der Waals surface area contributed by atoms with Crippen molar-refractivity contribution in [3.8, 4) is 0 Å². The molecular formula is C10H11ClO3S. The summed E-state index contributed by atoms with van der Waals surface area (Å²) in [5.74, 6) is -0.386. The second kappa shape index (κ2) is 4.35. The fourth-order valence-electron chi connectivity index (χ4n) is 1.33. The Hall–Kier alpha value is -0.840. The summed E-state index contributed by atoms with van der Waals surface area (Å²) in [6.45, 7) is 5.39. The van der Waals surface area contributed by atoms with Crippen LogP contribution in [-0.2, 0) is 15.9 Å². The number of hydrogen-bond acceptors (Lipinski definition) is 2. The van der Waals surface area contributed by atoms with E-state index in [2.05, 4.69) is 6.58 Å². The van der Waals surface area contributed by atoms with Gasteiger partial charge in [0, 0.05) is 5.03 Å². The molecule has 0 amide bonds. The third kappa shape index (κ3) is 3.66. The van der Waals surface area contributed by atoms with Gasteiger partial charge in [-0.1, -0.05) is 36.4 Å². The molecule has 0 aliphatic heterocycles. The molecule has 1 rings (SSSR count). The fraction of sp³-hybridized carbons (Fsp3) is 0.200. The van der Waals surface area contributed by atoms with Crippen LogP contribution >= 0.6 is 11.6 Å². The molecular weight excluding hydrogens is 236 g/mol. The minimum Gasteiger partial charge on any atom is -0.285 e. The van der Waals surface area contributed by atoms with Gasteiger partial charge in [-0.25, -0.2) is 0 Å². The third-order valence-electron chi connectivity index (χ3n) is 1.93. The van der Waals surface area contributed by atoms with E-state index in [0.29, 0.717) is 10.6 Å². The highest BCUT2D eigenvalue weighted by Gasteiger charge is 2.08. The van der Waals surface area contributed by atoms with Gasteiger partial charge in [-0.2, -0.15) is 8.42 Å². The summed E-state index contributed by atoms with van der Waals surface area (Å²) in [5.41, 5.74) is 2.13. The maximum Gasteiger partial charge on any atom is 0.269 e. The molecule has 82 valence electrons. The molecule has 0 unspecified atom stereocenters. The van der Waals surface area contributed by atoms with Crippen LogP contribution < -0.4 is 0 Å². The van der Waals surface area contributed by atoms with Crippen molar-refractivity contribution < 1.29 is 13.0 Å². The van der Waals surface area contributed by atoms with E-state index in [-0.39, 0.29) is 5.75 Å². The second-order valence-corrected chi connectivity index (χ2v) is 5.19. The van der Waals surface area contributed by atoms with Gasteiger partial charge in [0.2, 0.25) is 0 Å². The predicted octanol–water partition coefficient (Wildman–Crippen LogP) is 2.59. The standard InChI is InChI=1S/C10H11ClO3S/c1-7-5-9(6-15(12,13)14)3-4-10(7)8(2)11/h3-5H,2,6H2,1H3,(H,12,13,14). The summed E-state index contributed by atoms with van der Waals surface area (Å²) in [7, 11) is -3.98. The van der Waals surface area contributed by atoms with Crippen LogP contribution in [0.3, 0.4) is 0 Å². The molecule has 1 N–H and O–H groups in total. The van der Waals surface area contributed by atoms with Crippen LogP contribution in [0.1, 0.15) is 16.7 Å². The summed E-state index contributed by atoms with van der Waals surface area (Å²) in [6, 6.07) is 4.95. The molecule has 0 radical (unpaired) electrons. The average Bonchev–Trinajstić information content (AvgIpc) is 1.99. The Balaban J connectivity index is 3.07. The molecule has 0 fully saturated rings. The summed E-state index contributed by atoms with van der Waals surface area (Å²) in [6.07, 6.45) is 0. The highest BCUT2D eigenvalue weighted by atomic mass is 35.5. The van der Waals surface area contributed by atoms with Gasteiger partial charge in [0.05, 0.1) is 0 Å². The van der Waals surface area contributed by atoms with E-state index in [4.69, 9.17) is 16.2 Å². The Bertz CT molecular complexity index is 491. The van der Waals surface area contributed by atoms with Crippen LogP contribution in [-0.4, -0.2) is 13.0 Å². The van der Waals surface area contributed by atoms with Crippen LogP contribution in [0.15, 0.2) is 24.8 Å². The lowest BCUT2D eigenvalue weighted by Crippen LogP contribution is -2.02. The van der Waals surface area contributed by atoms with Crippen molar-refractivity contribution in [1.82, 2.24) is 0 Å². The lowest BCUT2D eigenvalue weighted by molar-refractivity contribution is 0.482. The van der Waals surface area contributed by atoms with E-state index < -0.39 is 10.1 Å². The molecule has 0 aliphatic carbocycles. The maximum atomic E-state index is 10.6. The molecule has 5 heteroatoms. The van der Waals surface area contributed by atoms with Gasteiger partial charge >= 0.3 is 0 Å². The van der Waals surface area contributed by atoms with Gasteiger partial charge < -0.3 is 0 Å². The second-order valence-electron chi connectivity index (χ2n) is 3.28. The van der Waals surface area contributed by atoms with Crippen LogP contribution in [0.5, 0.6) is 0 Å². The van der Waals surface area contributed by atoms with Crippen LogP contribution in [0.25, 0.3) is 5.03 Å². The van der Waals surface area contributed by atoms with Gasteiger partial charge in [-0.05, 0) is 23.6 Å². The minimum atomic E-state index is -3.98. The number of benzene rings is 1. The Labute approximate surface area is 94.1 Å². The van der Waals surface area contributed by atoms with Gasteiger partial charge in [-0.3, -0.25) is 4.55 Å². The van der Waals surface area contributed by atoms with Crippen LogP contribution in [0.4, 0.5) is 0 Å². The Kier molecular flexibility index (Phi) is 3.54. The fourth-order valence-corrected chi connectivity index (χ4v) is 2.14. The minimum absolute atomic E-state index is 0.386. The molecule has 0 heterocycles. The van der Waals surface area contributed by atoms with E-state index in [1.54, 1.807) is 25.1 Å². The molecule has 15 heavy (non-hydrogen) atoms. The first-order valence-corrected chi connectivity index (χ1v) is 6.18. The van der Waals surface area contributed by atoms with E-state index in [1.165, 1.54) is 0 Å². The number of halogens is 1. The summed E-state index contributed by atoms with van der Waals surface area (Å²) in [5, 5.41) is 0.408. The molecule has 1 aromatic carbocycles. The molecule has 0 aromatic heterocycles. The zero-order valence-corrected chi connectivity index (χ0v) is 9.77. The lowest BCUT2D eigenvalue weighted by Gasteiger charge is -2.05. The van der Waals surface area contributed by atoms with Crippen molar-refractivity contribution in [3.05, 3.63) is 41.5 Å². The van der Waals surface area contributed by atoms with Crippen molar-refractivity contribution in [2.75, 3.05) is 0 Å². The normalized spacial score (nSPS) is 11.4. The summed E-state index contributed by atoms with van der Waals surface area (Å²) < 4.78 is 30.0. The topological polar surface area (TPSA) is 54.4 Å². The predicted molar refractivity (Wildman–Crippen MR) is 61.3 cm³/mol. The summed E-state index contributed by atoms with van der Waals surface area (Å²) >= 11 is 5.73. The summed E-state index contributed by atoms with van der Waals surface area (Å²) in [4.78, 5) is 0. The molecule has 0 atom stereocenters. The molecule has 3 nitrogen and oxygen atoms in total. The average molecular weight is 247 g/mol. The van der Waals surface area contributed by atoms with Crippen molar-refractivity contribution >= 4 is 26.8 Å². The van der Waals surface area contributed by atoms with Crippen molar-refractivity contribution in [3.63, 3.8) is 0 Å². The molecule has 0 spiro atoms. The molecule has 0 bridgehead atoms. The Morgan fingerprint density at radius 3 is 2.53 bits per heavy atom. The lowest BCUT2D eigenvalue weighted by atomic mass is 10.1. The first kappa shape index (κ1) is 12.2. The van der Waals surface area contributed by atoms with E-state index in [9.17, 15) is 8.42 Å². The first-order chi connectivity index (χ1) is 6.79. The monoisotopic (exact) mass is 246 g/mol. The largest absolute Gasteiger partial charge is 0.285 e. The zero-order chi connectivity index (χ0) is 11.6. The highest BCUT2D eigenvalue weighted by Crippen LogP contribution is 2.22. The van der Waals surface area contributed by atoms with Gasteiger partial charge in [0.15, 0.2) is 0 Å². The number of aryl methyl sites for hydroxylation is 1. The first-order valence-electron chi connectivity index (χ1n) is 4.19. The Morgan fingerprint density at radius 2 is 2.13 bits per heavy atom. The quantitative estimate of drug-likeness (QED) is 0.834. The SMILES string of the molecule is C=C(Cl)c1ccc(CS(=O)(=O)O)cc1C. The number of rotatable bonds is 3. The smallest absolute Gasteiger partial charge is 0.269 e.